The fraction of sp³-hybridized carbons (Fsp3) is 0.500. The van der Waals surface area contributed by atoms with Crippen molar-refractivity contribution in [3.05, 3.63) is 35.9 Å². The molecule has 0 aliphatic heterocycles. The molecule has 7 nitrogen and oxygen atoms in total. The largest absolute Gasteiger partial charge is 0.480 e. The predicted molar refractivity (Wildman–Crippen MR) is 101 cm³/mol. The fourth-order valence-electron chi connectivity index (χ4n) is 2.18. The van der Waals surface area contributed by atoms with Crippen LogP contribution in [0.3, 0.4) is 0 Å². The topological polar surface area (TPSA) is 105 Å². The minimum Gasteiger partial charge on any atom is -0.480 e. The first kappa shape index (κ1) is 21.8. The summed E-state index contributed by atoms with van der Waals surface area (Å²) in [4.78, 5) is 35.7. The highest BCUT2D eigenvalue weighted by atomic mass is 32.2. The van der Waals surface area contributed by atoms with Crippen molar-refractivity contribution >= 4 is 29.7 Å². The summed E-state index contributed by atoms with van der Waals surface area (Å²) in [6.45, 7) is 3.50. The van der Waals surface area contributed by atoms with Crippen molar-refractivity contribution in [2.24, 2.45) is 5.92 Å². The number of carbonyl (C=O) groups excluding carboxylic acids is 2. The number of benzene rings is 1. The van der Waals surface area contributed by atoms with Gasteiger partial charge in [-0.25, -0.2) is 9.59 Å². The van der Waals surface area contributed by atoms with Crippen molar-refractivity contribution in [1.82, 2.24) is 10.6 Å². The van der Waals surface area contributed by atoms with Gasteiger partial charge in [0, 0.05) is 0 Å². The van der Waals surface area contributed by atoms with Crippen LogP contribution in [0, 0.1) is 5.92 Å². The molecular weight excluding hydrogens is 356 g/mol. The predicted octanol–water partition coefficient (Wildman–Crippen LogP) is 2.26. The van der Waals surface area contributed by atoms with Crippen molar-refractivity contribution in [3.8, 4) is 0 Å². The van der Waals surface area contributed by atoms with Gasteiger partial charge in [-0.15, -0.1) is 0 Å². The van der Waals surface area contributed by atoms with Crippen LogP contribution in [0.4, 0.5) is 4.79 Å². The number of thioether (sulfide) groups is 1. The number of rotatable bonds is 10. The quantitative estimate of drug-likeness (QED) is 0.573. The number of ether oxygens (including phenoxy) is 1. The SMILES string of the molecule is CSCC[C@@H](NC(=O)OCc1ccccc1)C(=O)N[C@H](C(=O)O)C(C)C. The fourth-order valence-corrected chi connectivity index (χ4v) is 2.65. The van der Waals surface area contributed by atoms with E-state index in [2.05, 4.69) is 10.6 Å². The lowest BCUT2D eigenvalue weighted by atomic mass is 10.0. The van der Waals surface area contributed by atoms with Crippen molar-refractivity contribution in [2.75, 3.05) is 12.0 Å². The number of hydrogen-bond acceptors (Lipinski definition) is 5. The van der Waals surface area contributed by atoms with Gasteiger partial charge in [-0.3, -0.25) is 4.79 Å². The Morgan fingerprint density at radius 2 is 1.81 bits per heavy atom. The molecule has 2 atom stereocenters. The molecule has 1 rings (SSSR count). The molecule has 0 unspecified atom stereocenters. The average molecular weight is 382 g/mol. The molecule has 0 saturated heterocycles. The molecule has 0 bridgehead atoms. The van der Waals surface area contributed by atoms with Gasteiger partial charge < -0.3 is 20.5 Å². The van der Waals surface area contributed by atoms with E-state index < -0.39 is 30.1 Å². The van der Waals surface area contributed by atoms with E-state index in [0.29, 0.717) is 12.2 Å². The summed E-state index contributed by atoms with van der Waals surface area (Å²) in [7, 11) is 0. The van der Waals surface area contributed by atoms with Crippen LogP contribution in [0.25, 0.3) is 0 Å². The minimum absolute atomic E-state index is 0.0906. The number of nitrogens with one attached hydrogen (secondary N) is 2. The zero-order valence-corrected chi connectivity index (χ0v) is 16.0. The zero-order valence-electron chi connectivity index (χ0n) is 15.2. The Bertz CT molecular complexity index is 595. The van der Waals surface area contributed by atoms with E-state index in [1.165, 1.54) is 11.8 Å². The maximum absolute atomic E-state index is 12.4. The van der Waals surface area contributed by atoms with Crippen LogP contribution in [0.2, 0.25) is 0 Å². The van der Waals surface area contributed by atoms with Gasteiger partial charge in [-0.2, -0.15) is 11.8 Å². The van der Waals surface area contributed by atoms with E-state index in [1.807, 2.05) is 36.6 Å². The number of carbonyl (C=O) groups is 3. The number of carboxylic acid groups (broad SMARTS) is 1. The molecule has 2 amide bonds. The van der Waals surface area contributed by atoms with E-state index in [-0.39, 0.29) is 12.5 Å². The molecule has 1 aromatic rings. The monoisotopic (exact) mass is 382 g/mol. The molecule has 0 spiro atoms. The van der Waals surface area contributed by atoms with Gasteiger partial charge in [0.25, 0.3) is 0 Å². The van der Waals surface area contributed by atoms with Crippen LogP contribution in [0.15, 0.2) is 30.3 Å². The first-order chi connectivity index (χ1) is 12.3. The Morgan fingerprint density at radius 3 is 2.35 bits per heavy atom. The number of carboxylic acids is 1. The maximum atomic E-state index is 12.4. The van der Waals surface area contributed by atoms with Crippen molar-refractivity contribution in [1.29, 1.82) is 0 Å². The van der Waals surface area contributed by atoms with E-state index in [4.69, 9.17) is 4.74 Å². The van der Waals surface area contributed by atoms with Gasteiger partial charge >= 0.3 is 12.1 Å². The van der Waals surface area contributed by atoms with Gasteiger partial charge in [0.15, 0.2) is 0 Å². The summed E-state index contributed by atoms with van der Waals surface area (Å²) in [5.41, 5.74) is 0.832. The third kappa shape index (κ3) is 7.77. The number of amides is 2. The highest BCUT2D eigenvalue weighted by Gasteiger charge is 2.28. The zero-order chi connectivity index (χ0) is 19.5. The first-order valence-electron chi connectivity index (χ1n) is 8.34. The van der Waals surface area contributed by atoms with Crippen LogP contribution in [-0.2, 0) is 20.9 Å². The van der Waals surface area contributed by atoms with Crippen LogP contribution < -0.4 is 10.6 Å². The summed E-state index contributed by atoms with van der Waals surface area (Å²) in [5.74, 6) is -1.28. The summed E-state index contributed by atoms with van der Waals surface area (Å²) >= 11 is 1.53. The number of aliphatic carboxylic acids is 1. The molecule has 0 radical (unpaired) electrons. The molecular formula is C18H26N2O5S. The Morgan fingerprint density at radius 1 is 1.15 bits per heavy atom. The summed E-state index contributed by atoms with van der Waals surface area (Å²) < 4.78 is 5.14. The molecule has 8 heteroatoms. The van der Waals surface area contributed by atoms with Crippen LogP contribution in [0.1, 0.15) is 25.8 Å². The van der Waals surface area contributed by atoms with Crippen LogP contribution >= 0.6 is 11.8 Å². The maximum Gasteiger partial charge on any atom is 0.408 e. The second kappa shape index (κ2) is 11.4. The summed E-state index contributed by atoms with van der Waals surface area (Å²) in [5, 5.41) is 14.2. The van der Waals surface area contributed by atoms with Crippen LogP contribution in [0.5, 0.6) is 0 Å². The molecule has 0 heterocycles. The van der Waals surface area contributed by atoms with Crippen molar-refractivity contribution in [3.63, 3.8) is 0 Å². The molecule has 0 aromatic heterocycles. The molecule has 0 saturated carbocycles. The van der Waals surface area contributed by atoms with E-state index in [1.54, 1.807) is 13.8 Å². The van der Waals surface area contributed by atoms with Gasteiger partial charge in [0.1, 0.15) is 18.7 Å². The lowest BCUT2D eigenvalue weighted by Crippen LogP contribution is -2.53. The van der Waals surface area contributed by atoms with Gasteiger partial charge in [0.2, 0.25) is 5.91 Å². The summed E-state index contributed by atoms with van der Waals surface area (Å²) in [6, 6.07) is 7.32. The van der Waals surface area contributed by atoms with E-state index >= 15 is 0 Å². The number of hydrogen-bond donors (Lipinski definition) is 3. The lowest BCUT2D eigenvalue weighted by Gasteiger charge is -2.23. The molecule has 0 fully saturated rings. The van der Waals surface area contributed by atoms with Crippen molar-refractivity contribution < 1.29 is 24.2 Å². The summed E-state index contributed by atoms with van der Waals surface area (Å²) in [6.07, 6.45) is 1.54. The Hall–Kier alpha value is -2.22. The van der Waals surface area contributed by atoms with E-state index in [9.17, 15) is 19.5 Å². The molecule has 1 aromatic carbocycles. The first-order valence-corrected chi connectivity index (χ1v) is 9.73. The third-order valence-electron chi connectivity index (χ3n) is 3.66. The smallest absolute Gasteiger partial charge is 0.408 e. The number of alkyl carbamates (subject to hydrolysis) is 1. The van der Waals surface area contributed by atoms with Crippen LogP contribution in [-0.4, -0.2) is 47.2 Å². The Labute approximate surface area is 157 Å². The Kier molecular flexibility index (Phi) is 9.57. The molecule has 144 valence electrons. The molecule has 0 aliphatic rings. The second-order valence-corrected chi connectivity index (χ2v) is 7.09. The minimum atomic E-state index is -1.11. The third-order valence-corrected chi connectivity index (χ3v) is 4.31. The van der Waals surface area contributed by atoms with E-state index in [0.717, 1.165) is 5.56 Å². The van der Waals surface area contributed by atoms with Crippen molar-refractivity contribution in [2.45, 2.75) is 39.0 Å². The molecule has 0 aliphatic carbocycles. The normalized spacial score (nSPS) is 12.9. The highest BCUT2D eigenvalue weighted by molar-refractivity contribution is 7.98. The van der Waals surface area contributed by atoms with Gasteiger partial charge in [-0.1, -0.05) is 44.2 Å². The highest BCUT2D eigenvalue weighted by Crippen LogP contribution is 2.07. The van der Waals surface area contributed by atoms with Gasteiger partial charge in [0.05, 0.1) is 0 Å². The second-order valence-electron chi connectivity index (χ2n) is 6.11. The lowest BCUT2D eigenvalue weighted by molar-refractivity contribution is -0.143. The Balaban J connectivity index is 2.65. The van der Waals surface area contributed by atoms with Gasteiger partial charge in [-0.05, 0) is 29.9 Å². The average Bonchev–Trinajstić information content (AvgIpc) is 2.61. The molecule has 3 N–H and O–H groups in total. The standard InChI is InChI=1S/C18H26N2O5S/c1-12(2)15(17(22)23)20-16(21)14(9-10-26-3)19-18(24)25-11-13-7-5-4-6-8-13/h4-8,12,14-15H,9-11H2,1-3H3,(H,19,24)(H,20,21)(H,22,23)/t14-,15+/m1/s1. The molecule has 26 heavy (non-hydrogen) atoms.